The number of aryl methyl sites for hydroxylation is 1. The summed E-state index contributed by atoms with van der Waals surface area (Å²) >= 11 is 6.04. The lowest BCUT2D eigenvalue weighted by atomic mass is 10.1. The molecule has 1 heterocycles. The van der Waals surface area contributed by atoms with E-state index in [2.05, 4.69) is 4.98 Å². The molecule has 0 fully saturated rings. The van der Waals surface area contributed by atoms with Crippen molar-refractivity contribution < 1.29 is 9.53 Å². The van der Waals surface area contributed by atoms with Gasteiger partial charge in [-0.25, -0.2) is 4.98 Å². The maximum absolute atomic E-state index is 12.7. The van der Waals surface area contributed by atoms with Crippen molar-refractivity contribution in [2.75, 3.05) is 14.2 Å². The van der Waals surface area contributed by atoms with Crippen LogP contribution in [0.1, 0.15) is 11.1 Å². The smallest absolute Gasteiger partial charge is 0.261 e. The standard InChI is InChI=1S/C20H20ClN3O3/c1-13-5-4-6-16-19(13)22-12-24(20(16)26)11-18(25)23(2)10-14-9-15(21)7-8-17(14)27-3/h4-9,12H,10-11H2,1-3H3. The summed E-state index contributed by atoms with van der Waals surface area (Å²) < 4.78 is 6.65. The Bertz CT molecular complexity index is 1060. The van der Waals surface area contributed by atoms with Crippen molar-refractivity contribution in [1.82, 2.24) is 14.5 Å². The lowest BCUT2D eigenvalue weighted by Gasteiger charge is -2.19. The average Bonchev–Trinajstić information content (AvgIpc) is 2.64. The molecule has 27 heavy (non-hydrogen) atoms. The predicted octanol–water partition coefficient (Wildman–Crippen LogP) is 3.03. The Balaban J connectivity index is 1.81. The molecule has 0 saturated carbocycles. The number of benzene rings is 2. The third-order valence-electron chi connectivity index (χ3n) is 4.44. The molecule has 1 aromatic heterocycles. The van der Waals surface area contributed by atoms with Crippen molar-refractivity contribution in [3.63, 3.8) is 0 Å². The van der Waals surface area contributed by atoms with E-state index in [9.17, 15) is 9.59 Å². The second-order valence-electron chi connectivity index (χ2n) is 6.35. The number of aromatic nitrogens is 2. The molecule has 3 rings (SSSR count). The quantitative estimate of drug-likeness (QED) is 0.677. The zero-order valence-corrected chi connectivity index (χ0v) is 16.2. The van der Waals surface area contributed by atoms with E-state index in [1.54, 1.807) is 38.4 Å². The molecule has 0 atom stereocenters. The van der Waals surface area contributed by atoms with Crippen LogP contribution in [0.3, 0.4) is 0 Å². The van der Waals surface area contributed by atoms with Crippen LogP contribution >= 0.6 is 11.6 Å². The molecule has 1 amide bonds. The van der Waals surface area contributed by atoms with Crippen LogP contribution in [0.2, 0.25) is 5.02 Å². The number of carbonyl (C=O) groups is 1. The number of hydrogen-bond donors (Lipinski definition) is 0. The van der Waals surface area contributed by atoms with Gasteiger partial charge in [-0.15, -0.1) is 0 Å². The molecule has 7 heteroatoms. The summed E-state index contributed by atoms with van der Waals surface area (Å²) in [4.78, 5) is 31.1. The SMILES string of the molecule is COc1ccc(Cl)cc1CN(C)C(=O)Cn1cnc2c(C)cccc2c1=O. The zero-order chi connectivity index (χ0) is 19.6. The Morgan fingerprint density at radius 1 is 1.30 bits per heavy atom. The topological polar surface area (TPSA) is 64.4 Å². The van der Waals surface area contributed by atoms with Crippen molar-refractivity contribution in [1.29, 1.82) is 0 Å². The van der Waals surface area contributed by atoms with Crippen LogP contribution in [-0.4, -0.2) is 34.5 Å². The van der Waals surface area contributed by atoms with Gasteiger partial charge in [0.25, 0.3) is 5.56 Å². The number of halogens is 1. The molecule has 0 N–H and O–H groups in total. The van der Waals surface area contributed by atoms with Crippen LogP contribution in [0, 0.1) is 6.92 Å². The molecule has 0 aliphatic carbocycles. The van der Waals surface area contributed by atoms with E-state index in [0.29, 0.717) is 28.2 Å². The Kier molecular flexibility index (Phi) is 5.46. The number of carbonyl (C=O) groups excluding carboxylic acids is 1. The van der Waals surface area contributed by atoms with E-state index in [0.717, 1.165) is 11.1 Å². The summed E-state index contributed by atoms with van der Waals surface area (Å²) in [5.41, 5.74) is 2.14. The van der Waals surface area contributed by atoms with Gasteiger partial charge in [0, 0.05) is 24.2 Å². The summed E-state index contributed by atoms with van der Waals surface area (Å²) in [6.45, 7) is 2.13. The minimum absolute atomic E-state index is 0.0882. The van der Waals surface area contributed by atoms with E-state index in [1.807, 2.05) is 19.1 Å². The highest BCUT2D eigenvalue weighted by molar-refractivity contribution is 6.30. The van der Waals surface area contributed by atoms with E-state index >= 15 is 0 Å². The summed E-state index contributed by atoms with van der Waals surface area (Å²) in [5.74, 6) is 0.437. The van der Waals surface area contributed by atoms with Crippen molar-refractivity contribution >= 4 is 28.4 Å². The number of para-hydroxylation sites is 1. The zero-order valence-electron chi connectivity index (χ0n) is 15.4. The molecule has 0 unspecified atom stereocenters. The summed E-state index contributed by atoms with van der Waals surface area (Å²) in [5, 5.41) is 1.07. The number of methoxy groups -OCH3 is 1. The molecule has 2 aromatic carbocycles. The molecular formula is C20H20ClN3O3. The highest BCUT2D eigenvalue weighted by Crippen LogP contribution is 2.23. The normalized spacial score (nSPS) is 10.8. The van der Waals surface area contributed by atoms with Gasteiger partial charge >= 0.3 is 0 Å². The first kappa shape index (κ1) is 18.9. The first-order valence-corrected chi connectivity index (χ1v) is 8.79. The molecular weight excluding hydrogens is 366 g/mol. The lowest BCUT2D eigenvalue weighted by Crippen LogP contribution is -2.33. The van der Waals surface area contributed by atoms with Gasteiger partial charge in [0.05, 0.1) is 24.3 Å². The second-order valence-corrected chi connectivity index (χ2v) is 6.79. The number of amides is 1. The van der Waals surface area contributed by atoms with Crippen LogP contribution in [-0.2, 0) is 17.9 Å². The number of fused-ring (bicyclic) bond motifs is 1. The minimum atomic E-state index is -0.231. The summed E-state index contributed by atoms with van der Waals surface area (Å²) in [6, 6.07) is 10.7. The lowest BCUT2D eigenvalue weighted by molar-refractivity contribution is -0.131. The monoisotopic (exact) mass is 385 g/mol. The Morgan fingerprint density at radius 3 is 2.81 bits per heavy atom. The molecule has 6 nitrogen and oxygen atoms in total. The fraction of sp³-hybridized carbons (Fsp3) is 0.250. The highest BCUT2D eigenvalue weighted by Gasteiger charge is 2.15. The molecule has 140 valence electrons. The van der Waals surface area contributed by atoms with Crippen LogP contribution < -0.4 is 10.3 Å². The summed E-state index contributed by atoms with van der Waals surface area (Å²) in [7, 11) is 3.24. The van der Waals surface area contributed by atoms with Gasteiger partial charge in [-0.05, 0) is 36.8 Å². The molecule has 0 aliphatic heterocycles. The van der Waals surface area contributed by atoms with Gasteiger partial charge < -0.3 is 9.64 Å². The number of likely N-dealkylation sites (N-methyl/N-ethyl adjacent to an activating group) is 1. The van der Waals surface area contributed by atoms with Crippen molar-refractivity contribution in [2.24, 2.45) is 0 Å². The molecule has 0 saturated heterocycles. The van der Waals surface area contributed by atoms with Crippen LogP contribution in [0.4, 0.5) is 0 Å². The van der Waals surface area contributed by atoms with Crippen molar-refractivity contribution in [3.8, 4) is 5.75 Å². The van der Waals surface area contributed by atoms with Crippen LogP contribution in [0.25, 0.3) is 10.9 Å². The van der Waals surface area contributed by atoms with Gasteiger partial charge in [-0.3, -0.25) is 14.2 Å². The van der Waals surface area contributed by atoms with E-state index in [-0.39, 0.29) is 18.0 Å². The van der Waals surface area contributed by atoms with Gasteiger partial charge in [-0.1, -0.05) is 23.7 Å². The van der Waals surface area contributed by atoms with Crippen LogP contribution in [0.5, 0.6) is 5.75 Å². The Labute approximate surface area is 162 Å². The van der Waals surface area contributed by atoms with Crippen LogP contribution in [0.15, 0.2) is 47.5 Å². The van der Waals surface area contributed by atoms with Gasteiger partial charge in [-0.2, -0.15) is 0 Å². The third-order valence-corrected chi connectivity index (χ3v) is 4.67. The number of hydrogen-bond acceptors (Lipinski definition) is 4. The molecule has 0 bridgehead atoms. The largest absolute Gasteiger partial charge is 0.496 e. The maximum atomic E-state index is 12.7. The first-order chi connectivity index (χ1) is 12.9. The van der Waals surface area contributed by atoms with Gasteiger partial charge in [0.1, 0.15) is 12.3 Å². The number of ether oxygens (including phenoxy) is 1. The molecule has 0 radical (unpaired) electrons. The maximum Gasteiger partial charge on any atom is 0.261 e. The third kappa shape index (κ3) is 3.95. The number of nitrogens with zero attached hydrogens (tertiary/aromatic N) is 3. The predicted molar refractivity (Wildman–Crippen MR) is 105 cm³/mol. The Morgan fingerprint density at radius 2 is 2.07 bits per heavy atom. The highest BCUT2D eigenvalue weighted by atomic mass is 35.5. The molecule has 3 aromatic rings. The van der Waals surface area contributed by atoms with E-state index in [1.165, 1.54) is 15.8 Å². The van der Waals surface area contributed by atoms with Crippen molar-refractivity contribution in [2.45, 2.75) is 20.0 Å². The van der Waals surface area contributed by atoms with Crippen molar-refractivity contribution in [3.05, 3.63) is 69.2 Å². The van der Waals surface area contributed by atoms with Gasteiger partial charge in [0.15, 0.2) is 0 Å². The number of rotatable bonds is 5. The average molecular weight is 386 g/mol. The van der Waals surface area contributed by atoms with E-state index in [4.69, 9.17) is 16.3 Å². The minimum Gasteiger partial charge on any atom is -0.496 e. The Hall–Kier alpha value is -2.86. The summed E-state index contributed by atoms with van der Waals surface area (Å²) in [6.07, 6.45) is 1.42. The fourth-order valence-electron chi connectivity index (χ4n) is 2.93. The second kappa shape index (κ2) is 7.80. The molecule has 0 aliphatic rings. The fourth-order valence-corrected chi connectivity index (χ4v) is 3.13. The first-order valence-electron chi connectivity index (χ1n) is 8.42. The van der Waals surface area contributed by atoms with E-state index < -0.39 is 0 Å². The molecule has 0 spiro atoms. The van der Waals surface area contributed by atoms with Gasteiger partial charge in [0.2, 0.25) is 5.91 Å².